The largest absolute Gasteiger partial charge is 0.188 e. The third kappa shape index (κ3) is 2.98. The quantitative estimate of drug-likeness (QED) is 0.666. The van der Waals surface area contributed by atoms with E-state index in [0.29, 0.717) is 0 Å². The second-order valence-electron chi connectivity index (χ2n) is 4.75. The zero-order valence-electron chi connectivity index (χ0n) is 11.9. The van der Waals surface area contributed by atoms with E-state index in [1.54, 1.807) is 0 Å². The van der Waals surface area contributed by atoms with Gasteiger partial charge >= 0.3 is 0 Å². The van der Waals surface area contributed by atoms with Crippen LogP contribution in [-0.2, 0) is 0 Å². The number of rotatable bonds is 2. The summed E-state index contributed by atoms with van der Waals surface area (Å²) in [5.41, 5.74) is 6.88. The topological polar surface area (TPSA) is 24.7 Å². The Morgan fingerprint density at radius 1 is 0.789 bits per heavy atom. The van der Waals surface area contributed by atoms with Crippen LogP contribution in [-0.4, -0.2) is 6.01 Å². The minimum atomic E-state index is 0.865. The first-order chi connectivity index (χ1) is 9.09. The molecule has 0 unspecified atom stereocenters. The number of benzene rings is 2. The van der Waals surface area contributed by atoms with Crippen molar-refractivity contribution < 1.29 is 0 Å². The van der Waals surface area contributed by atoms with Gasteiger partial charge in [0.05, 0.1) is 11.4 Å². The summed E-state index contributed by atoms with van der Waals surface area (Å²) in [6.45, 7) is 8.47. The van der Waals surface area contributed by atoms with Gasteiger partial charge in [-0.3, -0.25) is 0 Å². The molecule has 0 saturated carbocycles. The van der Waals surface area contributed by atoms with Gasteiger partial charge in [0.15, 0.2) is 0 Å². The summed E-state index contributed by atoms with van der Waals surface area (Å²) in [5.74, 6) is 0. The normalized spacial score (nSPS) is 9.89. The average molecular weight is 250 g/mol. The molecule has 0 aliphatic rings. The van der Waals surface area contributed by atoms with E-state index in [0.717, 1.165) is 11.4 Å². The lowest BCUT2D eigenvalue weighted by atomic mass is 9.98. The Morgan fingerprint density at radius 2 is 1.47 bits per heavy atom. The molecule has 0 radical (unpaired) electrons. The van der Waals surface area contributed by atoms with E-state index < -0.39 is 0 Å². The van der Waals surface area contributed by atoms with Crippen LogP contribution < -0.4 is 0 Å². The van der Waals surface area contributed by atoms with Gasteiger partial charge in [-0.1, -0.05) is 18.2 Å². The van der Waals surface area contributed by atoms with Crippen LogP contribution in [0.1, 0.15) is 22.3 Å². The molecule has 2 aromatic rings. The maximum atomic E-state index is 4.35. The number of aliphatic imine (C=N–C) groups is 2. The minimum absolute atomic E-state index is 0.865. The van der Waals surface area contributed by atoms with Crippen molar-refractivity contribution in [1.29, 1.82) is 0 Å². The maximum absolute atomic E-state index is 4.35. The molecule has 0 spiro atoms. The van der Waals surface area contributed by atoms with Crippen LogP contribution in [0.4, 0.5) is 11.4 Å². The van der Waals surface area contributed by atoms with E-state index in [1.807, 2.05) is 30.3 Å². The highest BCUT2D eigenvalue weighted by atomic mass is 14.8. The number of nitrogens with zero attached hydrogens (tertiary/aromatic N) is 2. The Hall–Kier alpha value is -2.18. The van der Waals surface area contributed by atoms with E-state index in [2.05, 4.69) is 49.8 Å². The molecule has 19 heavy (non-hydrogen) atoms. The number of aryl methyl sites for hydroxylation is 1. The lowest BCUT2D eigenvalue weighted by molar-refractivity contribution is 1.21. The van der Waals surface area contributed by atoms with Crippen LogP contribution in [0.25, 0.3) is 0 Å². The molecule has 2 nitrogen and oxygen atoms in total. The van der Waals surface area contributed by atoms with Gasteiger partial charge in [-0.05, 0) is 68.1 Å². The average Bonchev–Trinajstić information content (AvgIpc) is 2.43. The highest BCUT2D eigenvalue weighted by molar-refractivity contribution is 5.62. The maximum Gasteiger partial charge on any atom is 0.100 e. The zero-order chi connectivity index (χ0) is 13.8. The van der Waals surface area contributed by atoms with Crippen LogP contribution in [0.3, 0.4) is 0 Å². The van der Waals surface area contributed by atoms with Crippen LogP contribution in [0.5, 0.6) is 0 Å². The summed E-state index contributed by atoms with van der Waals surface area (Å²) in [5, 5.41) is 0. The highest BCUT2D eigenvalue weighted by Gasteiger charge is 2.05. The van der Waals surface area contributed by atoms with Crippen molar-refractivity contribution in [1.82, 2.24) is 0 Å². The summed E-state index contributed by atoms with van der Waals surface area (Å²) in [7, 11) is 0. The Morgan fingerprint density at radius 3 is 2.16 bits per heavy atom. The van der Waals surface area contributed by atoms with E-state index in [9.17, 15) is 0 Å². The Bertz CT molecular complexity index is 649. The third-order valence-corrected chi connectivity index (χ3v) is 3.56. The fourth-order valence-corrected chi connectivity index (χ4v) is 1.95. The molecule has 0 amide bonds. The molecule has 0 atom stereocenters. The summed E-state index contributed by atoms with van der Waals surface area (Å²) >= 11 is 0. The first-order valence-electron chi connectivity index (χ1n) is 6.38. The smallest absolute Gasteiger partial charge is 0.100 e. The first kappa shape index (κ1) is 13.3. The van der Waals surface area contributed by atoms with E-state index in [4.69, 9.17) is 0 Å². The molecule has 0 fully saturated rings. The van der Waals surface area contributed by atoms with Crippen molar-refractivity contribution in [2.24, 2.45) is 9.98 Å². The Kier molecular flexibility index (Phi) is 3.94. The molecule has 0 N–H and O–H groups in total. The van der Waals surface area contributed by atoms with Crippen molar-refractivity contribution in [2.45, 2.75) is 27.7 Å². The molecule has 0 aliphatic carbocycles. The Balaban J connectivity index is 2.37. The van der Waals surface area contributed by atoms with Gasteiger partial charge in [-0.25, -0.2) is 0 Å². The van der Waals surface area contributed by atoms with Gasteiger partial charge in [0.2, 0.25) is 0 Å². The SMILES string of the molecule is Cc1cc(N=C=Nc2ccccc2)c(C)c(C)c1C. The zero-order valence-corrected chi connectivity index (χ0v) is 11.9. The number of para-hydroxylation sites is 1. The molecule has 96 valence electrons. The predicted molar refractivity (Wildman–Crippen MR) is 81.0 cm³/mol. The summed E-state index contributed by atoms with van der Waals surface area (Å²) in [4.78, 5) is 8.55. The summed E-state index contributed by atoms with van der Waals surface area (Å²) in [6.07, 6.45) is 0. The van der Waals surface area contributed by atoms with Gasteiger partial charge in [0.25, 0.3) is 0 Å². The molecule has 0 heterocycles. The van der Waals surface area contributed by atoms with Gasteiger partial charge in [-0.2, -0.15) is 9.98 Å². The predicted octanol–water partition coefficient (Wildman–Crippen LogP) is 5.06. The molecule has 0 saturated heterocycles. The molecular weight excluding hydrogens is 232 g/mol. The standard InChI is InChI=1S/C17H18N2/c1-12-10-17(15(4)14(3)13(12)2)19-11-18-16-8-6-5-7-9-16/h5-10H,1-4H3. The van der Waals surface area contributed by atoms with Crippen LogP contribution in [0.2, 0.25) is 0 Å². The van der Waals surface area contributed by atoms with Crippen LogP contribution in [0, 0.1) is 27.7 Å². The van der Waals surface area contributed by atoms with Crippen LogP contribution in [0.15, 0.2) is 46.4 Å². The fourth-order valence-electron chi connectivity index (χ4n) is 1.95. The minimum Gasteiger partial charge on any atom is -0.188 e. The van der Waals surface area contributed by atoms with Crippen molar-refractivity contribution in [2.75, 3.05) is 0 Å². The van der Waals surface area contributed by atoms with E-state index >= 15 is 0 Å². The third-order valence-electron chi connectivity index (χ3n) is 3.56. The van der Waals surface area contributed by atoms with Gasteiger partial charge in [0, 0.05) is 0 Å². The van der Waals surface area contributed by atoms with E-state index in [-0.39, 0.29) is 0 Å². The molecule has 2 rings (SSSR count). The van der Waals surface area contributed by atoms with Crippen molar-refractivity contribution >= 4 is 17.4 Å². The first-order valence-corrected chi connectivity index (χ1v) is 6.38. The number of hydrogen-bond donors (Lipinski definition) is 0. The van der Waals surface area contributed by atoms with Crippen LogP contribution >= 0.6 is 0 Å². The lowest BCUT2D eigenvalue weighted by Crippen LogP contribution is -1.90. The number of hydrogen-bond acceptors (Lipinski definition) is 2. The second-order valence-corrected chi connectivity index (χ2v) is 4.75. The Labute approximate surface area is 114 Å². The molecule has 2 heteroatoms. The van der Waals surface area contributed by atoms with E-state index in [1.165, 1.54) is 22.3 Å². The highest BCUT2D eigenvalue weighted by Crippen LogP contribution is 2.26. The monoisotopic (exact) mass is 250 g/mol. The van der Waals surface area contributed by atoms with Crippen molar-refractivity contribution in [3.8, 4) is 0 Å². The second kappa shape index (κ2) is 5.64. The molecule has 0 bridgehead atoms. The van der Waals surface area contributed by atoms with Gasteiger partial charge < -0.3 is 0 Å². The summed E-state index contributed by atoms with van der Waals surface area (Å²) in [6, 6.07) is 14.6. The molecule has 0 aromatic heterocycles. The fraction of sp³-hybridized carbons (Fsp3) is 0.235. The molecule has 2 aromatic carbocycles. The molecular formula is C17H18N2. The van der Waals surface area contributed by atoms with Gasteiger partial charge in [0.1, 0.15) is 6.01 Å². The lowest BCUT2D eigenvalue weighted by Gasteiger charge is -2.10. The molecule has 0 aliphatic heterocycles. The summed E-state index contributed by atoms with van der Waals surface area (Å²) < 4.78 is 0. The van der Waals surface area contributed by atoms with Gasteiger partial charge in [-0.15, -0.1) is 0 Å². The van der Waals surface area contributed by atoms with Crippen molar-refractivity contribution in [3.63, 3.8) is 0 Å². The van der Waals surface area contributed by atoms with Crippen molar-refractivity contribution in [3.05, 3.63) is 58.7 Å².